The summed E-state index contributed by atoms with van der Waals surface area (Å²) in [5.41, 5.74) is 7.10. The van der Waals surface area contributed by atoms with Crippen molar-refractivity contribution in [2.75, 3.05) is 17.6 Å². The van der Waals surface area contributed by atoms with Gasteiger partial charge in [0, 0.05) is 12.7 Å². The molecule has 1 aliphatic rings. The van der Waals surface area contributed by atoms with E-state index in [0.717, 1.165) is 18.1 Å². The van der Waals surface area contributed by atoms with E-state index in [1.807, 2.05) is 12.1 Å². The molecule has 15 heavy (non-hydrogen) atoms. The summed E-state index contributed by atoms with van der Waals surface area (Å²) in [5, 5.41) is 3.36. The van der Waals surface area contributed by atoms with Crippen molar-refractivity contribution in [2.24, 2.45) is 5.41 Å². The third kappa shape index (κ3) is 2.41. The third-order valence-electron chi connectivity index (χ3n) is 3.21. The molecule has 2 rings (SSSR count). The number of aromatic nitrogens is 1. The standard InChI is InChI=1S/C12H19N3/c1-2-5-12(6-7-12)9-15-11-10(13)4-3-8-14-11/h3-4,8H,2,5-7,9,13H2,1H3,(H,14,15). The van der Waals surface area contributed by atoms with Crippen LogP contribution in [0.25, 0.3) is 0 Å². The molecule has 0 amide bonds. The Balaban J connectivity index is 1.91. The van der Waals surface area contributed by atoms with Crippen LogP contribution in [0.2, 0.25) is 0 Å². The van der Waals surface area contributed by atoms with Crippen molar-refractivity contribution in [3.63, 3.8) is 0 Å². The second-order valence-electron chi connectivity index (χ2n) is 4.54. The first-order valence-electron chi connectivity index (χ1n) is 5.70. The van der Waals surface area contributed by atoms with Gasteiger partial charge in [0.1, 0.15) is 5.82 Å². The molecule has 1 aliphatic carbocycles. The van der Waals surface area contributed by atoms with Gasteiger partial charge in [-0.1, -0.05) is 13.3 Å². The Morgan fingerprint density at radius 2 is 2.33 bits per heavy atom. The zero-order chi connectivity index (χ0) is 10.7. The highest BCUT2D eigenvalue weighted by molar-refractivity contribution is 5.60. The van der Waals surface area contributed by atoms with E-state index in [9.17, 15) is 0 Å². The number of nitrogens with two attached hydrogens (primary N) is 1. The number of nitrogens with zero attached hydrogens (tertiary/aromatic N) is 1. The van der Waals surface area contributed by atoms with E-state index in [4.69, 9.17) is 5.73 Å². The number of hydrogen-bond acceptors (Lipinski definition) is 3. The molecule has 1 fully saturated rings. The van der Waals surface area contributed by atoms with Gasteiger partial charge in [-0.25, -0.2) is 4.98 Å². The number of pyridine rings is 1. The summed E-state index contributed by atoms with van der Waals surface area (Å²) in [6.45, 7) is 3.26. The quantitative estimate of drug-likeness (QED) is 0.777. The summed E-state index contributed by atoms with van der Waals surface area (Å²) >= 11 is 0. The molecular formula is C12H19N3. The van der Waals surface area contributed by atoms with E-state index in [2.05, 4.69) is 17.2 Å². The van der Waals surface area contributed by atoms with E-state index in [0.29, 0.717) is 5.41 Å². The van der Waals surface area contributed by atoms with Crippen molar-refractivity contribution in [3.05, 3.63) is 18.3 Å². The highest BCUT2D eigenvalue weighted by Crippen LogP contribution is 2.49. The summed E-state index contributed by atoms with van der Waals surface area (Å²) in [5.74, 6) is 0.833. The van der Waals surface area contributed by atoms with Gasteiger partial charge in [-0.05, 0) is 36.8 Å². The Morgan fingerprint density at radius 3 is 2.93 bits per heavy atom. The number of nitrogens with one attached hydrogen (secondary N) is 1. The smallest absolute Gasteiger partial charge is 0.149 e. The summed E-state index contributed by atoms with van der Waals surface area (Å²) in [4.78, 5) is 4.23. The number of rotatable bonds is 5. The number of anilines is 2. The van der Waals surface area contributed by atoms with Gasteiger partial charge in [-0.15, -0.1) is 0 Å². The van der Waals surface area contributed by atoms with Crippen LogP contribution < -0.4 is 11.1 Å². The Labute approximate surface area is 91.1 Å². The van der Waals surface area contributed by atoms with E-state index in [1.165, 1.54) is 25.7 Å². The lowest BCUT2D eigenvalue weighted by Gasteiger charge is -2.15. The molecule has 0 atom stereocenters. The van der Waals surface area contributed by atoms with E-state index >= 15 is 0 Å². The molecule has 0 radical (unpaired) electrons. The Morgan fingerprint density at radius 1 is 1.53 bits per heavy atom. The fourth-order valence-electron chi connectivity index (χ4n) is 2.06. The molecule has 0 spiro atoms. The average molecular weight is 205 g/mol. The summed E-state index contributed by atoms with van der Waals surface area (Å²) < 4.78 is 0. The Bertz CT molecular complexity index is 331. The van der Waals surface area contributed by atoms with Gasteiger partial charge < -0.3 is 11.1 Å². The molecule has 1 aromatic heterocycles. The molecule has 1 heterocycles. The minimum Gasteiger partial charge on any atom is -0.396 e. The molecule has 3 nitrogen and oxygen atoms in total. The van der Waals surface area contributed by atoms with Crippen LogP contribution in [0.15, 0.2) is 18.3 Å². The van der Waals surface area contributed by atoms with Gasteiger partial charge in [-0.2, -0.15) is 0 Å². The van der Waals surface area contributed by atoms with Crippen LogP contribution >= 0.6 is 0 Å². The Kier molecular flexibility index (Phi) is 2.80. The molecule has 1 aromatic rings. The van der Waals surface area contributed by atoms with Crippen molar-refractivity contribution < 1.29 is 0 Å². The first kappa shape index (κ1) is 10.3. The zero-order valence-corrected chi connectivity index (χ0v) is 9.29. The molecule has 0 aliphatic heterocycles. The minimum absolute atomic E-state index is 0.540. The maximum atomic E-state index is 5.82. The monoisotopic (exact) mass is 205 g/mol. The molecular weight excluding hydrogens is 186 g/mol. The second kappa shape index (κ2) is 4.09. The first-order valence-corrected chi connectivity index (χ1v) is 5.70. The molecule has 3 N–H and O–H groups in total. The molecule has 82 valence electrons. The van der Waals surface area contributed by atoms with E-state index < -0.39 is 0 Å². The fourth-order valence-corrected chi connectivity index (χ4v) is 2.06. The summed E-state index contributed by atoms with van der Waals surface area (Å²) in [6.07, 6.45) is 7.05. The maximum Gasteiger partial charge on any atom is 0.149 e. The summed E-state index contributed by atoms with van der Waals surface area (Å²) in [6, 6.07) is 3.74. The van der Waals surface area contributed by atoms with Crippen LogP contribution in [0.5, 0.6) is 0 Å². The van der Waals surface area contributed by atoms with Crippen LogP contribution in [0.1, 0.15) is 32.6 Å². The second-order valence-corrected chi connectivity index (χ2v) is 4.54. The van der Waals surface area contributed by atoms with E-state index in [1.54, 1.807) is 6.20 Å². The van der Waals surface area contributed by atoms with Crippen molar-refractivity contribution >= 4 is 11.5 Å². The lowest BCUT2D eigenvalue weighted by atomic mass is 10.0. The minimum atomic E-state index is 0.540. The Hall–Kier alpha value is -1.25. The zero-order valence-electron chi connectivity index (χ0n) is 9.29. The number of nitrogen functional groups attached to an aromatic ring is 1. The normalized spacial score (nSPS) is 17.4. The number of hydrogen-bond donors (Lipinski definition) is 2. The van der Waals surface area contributed by atoms with Crippen LogP contribution in [-0.4, -0.2) is 11.5 Å². The lowest BCUT2D eigenvalue weighted by molar-refractivity contribution is 0.485. The van der Waals surface area contributed by atoms with Crippen molar-refractivity contribution in [2.45, 2.75) is 32.6 Å². The molecule has 0 bridgehead atoms. The molecule has 3 heteroatoms. The van der Waals surface area contributed by atoms with Crippen molar-refractivity contribution in [1.29, 1.82) is 0 Å². The van der Waals surface area contributed by atoms with Gasteiger partial charge >= 0.3 is 0 Å². The highest BCUT2D eigenvalue weighted by Gasteiger charge is 2.41. The van der Waals surface area contributed by atoms with Gasteiger partial charge in [0.15, 0.2) is 0 Å². The van der Waals surface area contributed by atoms with Gasteiger partial charge in [0.05, 0.1) is 5.69 Å². The van der Waals surface area contributed by atoms with Crippen molar-refractivity contribution in [1.82, 2.24) is 4.98 Å². The maximum absolute atomic E-state index is 5.82. The van der Waals surface area contributed by atoms with Gasteiger partial charge in [-0.3, -0.25) is 0 Å². The van der Waals surface area contributed by atoms with Gasteiger partial charge in [0.25, 0.3) is 0 Å². The SMILES string of the molecule is CCCC1(CNc2ncccc2N)CC1. The third-order valence-corrected chi connectivity index (χ3v) is 3.21. The molecule has 0 aromatic carbocycles. The van der Waals surface area contributed by atoms with Crippen LogP contribution in [0.4, 0.5) is 11.5 Å². The molecule has 1 saturated carbocycles. The van der Waals surface area contributed by atoms with Crippen LogP contribution in [-0.2, 0) is 0 Å². The van der Waals surface area contributed by atoms with E-state index in [-0.39, 0.29) is 0 Å². The molecule has 0 saturated heterocycles. The predicted octanol–water partition coefficient (Wildman–Crippen LogP) is 2.66. The van der Waals surface area contributed by atoms with Gasteiger partial charge in [0.2, 0.25) is 0 Å². The van der Waals surface area contributed by atoms with Crippen molar-refractivity contribution in [3.8, 4) is 0 Å². The van der Waals surface area contributed by atoms with Crippen LogP contribution in [0, 0.1) is 5.41 Å². The average Bonchev–Trinajstić information content (AvgIpc) is 2.98. The highest BCUT2D eigenvalue weighted by atomic mass is 15.0. The topological polar surface area (TPSA) is 50.9 Å². The fraction of sp³-hybridized carbons (Fsp3) is 0.583. The summed E-state index contributed by atoms with van der Waals surface area (Å²) in [7, 11) is 0. The van der Waals surface area contributed by atoms with Crippen LogP contribution in [0.3, 0.4) is 0 Å². The first-order chi connectivity index (χ1) is 7.26. The molecule has 0 unspecified atom stereocenters. The lowest BCUT2D eigenvalue weighted by Crippen LogP contribution is -2.16. The predicted molar refractivity (Wildman–Crippen MR) is 63.7 cm³/mol. The largest absolute Gasteiger partial charge is 0.396 e.